The SMILES string of the molecule is CC(C)P(C(C)C)C(C)C.[Pd]. The molecule has 11 heavy (non-hydrogen) atoms. The first-order valence-electron chi connectivity index (χ1n) is 4.24. The second-order valence-corrected chi connectivity index (χ2v) is 7.72. The van der Waals surface area contributed by atoms with Crippen LogP contribution in [0.1, 0.15) is 41.5 Å². The molecule has 0 saturated heterocycles. The summed E-state index contributed by atoms with van der Waals surface area (Å²) in [6.45, 7) is 14.1. The Morgan fingerprint density at radius 1 is 0.636 bits per heavy atom. The molecule has 0 rings (SSSR count). The molecule has 0 aliphatic rings. The smallest absolute Gasteiger partial charge is 0 e. The van der Waals surface area contributed by atoms with E-state index in [4.69, 9.17) is 0 Å². The van der Waals surface area contributed by atoms with E-state index in [1.807, 2.05) is 0 Å². The second kappa shape index (κ2) is 6.59. The van der Waals surface area contributed by atoms with Gasteiger partial charge < -0.3 is 0 Å². The second-order valence-electron chi connectivity index (χ2n) is 3.73. The summed E-state index contributed by atoms with van der Waals surface area (Å²) < 4.78 is 0. The molecule has 0 fully saturated rings. The fourth-order valence-corrected chi connectivity index (χ4v) is 5.37. The maximum atomic E-state index is 2.35. The fourth-order valence-electron chi connectivity index (χ4n) is 1.79. The Labute approximate surface area is 86.9 Å². The van der Waals surface area contributed by atoms with Gasteiger partial charge in [0.05, 0.1) is 0 Å². The predicted octanol–water partition coefficient (Wildman–Crippen LogP) is 3.69. The first kappa shape index (κ1) is 14.6. The van der Waals surface area contributed by atoms with Crippen LogP contribution in [0.15, 0.2) is 0 Å². The van der Waals surface area contributed by atoms with Crippen LogP contribution in [0.2, 0.25) is 0 Å². The van der Waals surface area contributed by atoms with E-state index < -0.39 is 0 Å². The zero-order valence-electron chi connectivity index (χ0n) is 8.50. The Balaban J connectivity index is 0. The number of rotatable bonds is 3. The minimum Gasteiger partial charge on any atom is -0.0988 e. The summed E-state index contributed by atoms with van der Waals surface area (Å²) in [5, 5.41) is 0. The van der Waals surface area contributed by atoms with E-state index in [1.54, 1.807) is 0 Å². The summed E-state index contributed by atoms with van der Waals surface area (Å²) in [5.41, 5.74) is 2.69. The van der Waals surface area contributed by atoms with Gasteiger partial charge in [-0.25, -0.2) is 0 Å². The zero-order valence-corrected chi connectivity index (χ0v) is 10.9. The van der Waals surface area contributed by atoms with Crippen LogP contribution >= 0.6 is 7.92 Å². The Kier molecular flexibility index (Phi) is 8.75. The van der Waals surface area contributed by atoms with Crippen LogP contribution in [-0.2, 0) is 20.4 Å². The molecule has 0 aromatic carbocycles. The van der Waals surface area contributed by atoms with Gasteiger partial charge in [-0.3, -0.25) is 0 Å². The van der Waals surface area contributed by atoms with Crippen molar-refractivity contribution < 1.29 is 20.4 Å². The van der Waals surface area contributed by atoms with Crippen LogP contribution < -0.4 is 0 Å². The van der Waals surface area contributed by atoms with Gasteiger partial charge in [-0.05, 0) is 17.0 Å². The number of hydrogen-bond donors (Lipinski definition) is 0. The predicted molar refractivity (Wildman–Crippen MR) is 52.3 cm³/mol. The summed E-state index contributed by atoms with van der Waals surface area (Å²) in [6.07, 6.45) is 0. The summed E-state index contributed by atoms with van der Waals surface area (Å²) in [5.74, 6) is 0. The molecule has 0 aromatic rings. The average Bonchev–Trinajstić information content (AvgIpc) is 1.59. The molecule has 0 unspecified atom stereocenters. The van der Waals surface area contributed by atoms with Gasteiger partial charge in [-0.1, -0.05) is 49.5 Å². The topological polar surface area (TPSA) is 0 Å². The van der Waals surface area contributed by atoms with E-state index >= 15 is 0 Å². The van der Waals surface area contributed by atoms with Gasteiger partial charge in [-0.2, -0.15) is 0 Å². The Hall–Kier alpha value is 1.09. The van der Waals surface area contributed by atoms with Crippen molar-refractivity contribution in [2.24, 2.45) is 0 Å². The van der Waals surface area contributed by atoms with Crippen molar-refractivity contribution in [2.45, 2.75) is 58.5 Å². The van der Waals surface area contributed by atoms with Gasteiger partial charge in [0.25, 0.3) is 0 Å². The normalized spacial score (nSPS) is 11.5. The Morgan fingerprint density at radius 3 is 0.818 bits per heavy atom. The third kappa shape index (κ3) is 5.35. The largest absolute Gasteiger partial charge is 0.0988 e. The molecule has 0 radical (unpaired) electrons. The first-order chi connectivity index (χ1) is 4.46. The van der Waals surface area contributed by atoms with Gasteiger partial charge >= 0.3 is 0 Å². The zero-order chi connectivity index (χ0) is 8.31. The first-order valence-corrected chi connectivity index (χ1v) is 5.79. The molecular weight excluding hydrogens is 245 g/mol. The molecule has 0 amide bonds. The number of hydrogen-bond acceptors (Lipinski definition) is 0. The molecular formula is C9H21PPd. The van der Waals surface area contributed by atoms with E-state index in [1.165, 1.54) is 0 Å². The molecule has 2 heteroatoms. The average molecular weight is 267 g/mol. The van der Waals surface area contributed by atoms with Crippen molar-refractivity contribution in [3.05, 3.63) is 0 Å². The minimum atomic E-state index is 0. The fraction of sp³-hybridized carbons (Fsp3) is 1.00. The van der Waals surface area contributed by atoms with E-state index in [0.29, 0.717) is 0 Å². The molecule has 0 aliphatic carbocycles. The third-order valence-corrected chi connectivity index (χ3v) is 5.37. The molecule has 0 N–H and O–H groups in total. The Bertz CT molecular complexity index is 70.5. The molecule has 0 spiro atoms. The molecule has 0 bridgehead atoms. The van der Waals surface area contributed by atoms with Crippen LogP contribution in [0.3, 0.4) is 0 Å². The van der Waals surface area contributed by atoms with E-state index in [-0.39, 0.29) is 28.3 Å². The summed E-state index contributed by atoms with van der Waals surface area (Å²) in [6, 6.07) is 0. The molecule has 0 saturated carbocycles. The molecule has 0 nitrogen and oxygen atoms in total. The summed E-state index contributed by atoms with van der Waals surface area (Å²) >= 11 is 0. The molecule has 72 valence electrons. The summed E-state index contributed by atoms with van der Waals surface area (Å²) in [7, 11) is 0.262. The summed E-state index contributed by atoms with van der Waals surface area (Å²) in [4.78, 5) is 0. The minimum absolute atomic E-state index is 0. The van der Waals surface area contributed by atoms with Crippen molar-refractivity contribution >= 4 is 7.92 Å². The third-order valence-electron chi connectivity index (χ3n) is 1.79. The van der Waals surface area contributed by atoms with E-state index in [2.05, 4.69) is 41.5 Å². The maximum Gasteiger partial charge on any atom is 0 e. The van der Waals surface area contributed by atoms with Gasteiger partial charge in [0.1, 0.15) is 0 Å². The van der Waals surface area contributed by atoms with Gasteiger partial charge in [-0.15, -0.1) is 0 Å². The van der Waals surface area contributed by atoms with Crippen LogP contribution in [0.25, 0.3) is 0 Å². The van der Waals surface area contributed by atoms with Crippen molar-refractivity contribution in [3.63, 3.8) is 0 Å². The van der Waals surface area contributed by atoms with Crippen molar-refractivity contribution in [1.82, 2.24) is 0 Å². The van der Waals surface area contributed by atoms with E-state index in [9.17, 15) is 0 Å². The van der Waals surface area contributed by atoms with Crippen LogP contribution in [0.4, 0.5) is 0 Å². The maximum absolute atomic E-state index is 2.35. The molecule has 0 atom stereocenters. The quantitative estimate of drug-likeness (QED) is 0.540. The Morgan fingerprint density at radius 2 is 0.818 bits per heavy atom. The van der Waals surface area contributed by atoms with Gasteiger partial charge in [0.15, 0.2) is 0 Å². The molecule has 0 aliphatic heterocycles. The van der Waals surface area contributed by atoms with Gasteiger partial charge in [0, 0.05) is 20.4 Å². The monoisotopic (exact) mass is 266 g/mol. The van der Waals surface area contributed by atoms with E-state index in [0.717, 1.165) is 17.0 Å². The van der Waals surface area contributed by atoms with Crippen molar-refractivity contribution in [3.8, 4) is 0 Å². The molecule has 0 heterocycles. The van der Waals surface area contributed by atoms with Crippen LogP contribution in [0.5, 0.6) is 0 Å². The van der Waals surface area contributed by atoms with Crippen molar-refractivity contribution in [1.29, 1.82) is 0 Å². The van der Waals surface area contributed by atoms with Crippen LogP contribution in [0, 0.1) is 0 Å². The van der Waals surface area contributed by atoms with Gasteiger partial charge in [0.2, 0.25) is 0 Å². The molecule has 0 aromatic heterocycles. The van der Waals surface area contributed by atoms with Crippen molar-refractivity contribution in [2.75, 3.05) is 0 Å². The standard InChI is InChI=1S/C9H21P.Pd/c1-7(2)10(8(3)4)9(5)6;/h7-9H,1-6H3;. The van der Waals surface area contributed by atoms with Crippen LogP contribution in [-0.4, -0.2) is 17.0 Å².